The van der Waals surface area contributed by atoms with Crippen molar-refractivity contribution in [1.29, 1.82) is 0 Å². The average Bonchev–Trinajstić information content (AvgIpc) is 2.69. The van der Waals surface area contributed by atoms with Gasteiger partial charge in [0.2, 0.25) is 5.91 Å². The van der Waals surface area contributed by atoms with Gasteiger partial charge in [-0.15, -0.1) is 0 Å². The zero-order valence-corrected chi connectivity index (χ0v) is 16.8. The Kier molecular flexibility index (Phi) is 7.92. The number of hydrogen-bond donors (Lipinski definition) is 1. The van der Waals surface area contributed by atoms with Crippen LogP contribution in [0.4, 0.5) is 4.39 Å². The minimum atomic E-state index is -0.254. The van der Waals surface area contributed by atoms with Crippen LogP contribution >= 0.6 is 11.6 Å². The molecule has 1 amide bonds. The van der Waals surface area contributed by atoms with Crippen molar-refractivity contribution >= 4 is 17.5 Å². The second-order valence-electron chi connectivity index (χ2n) is 7.83. The summed E-state index contributed by atoms with van der Waals surface area (Å²) >= 11 is 5.81. The molecule has 0 unspecified atom stereocenters. The predicted molar refractivity (Wildman–Crippen MR) is 107 cm³/mol. The average molecular weight is 396 g/mol. The molecule has 1 aromatic rings. The van der Waals surface area contributed by atoms with Crippen molar-refractivity contribution in [3.05, 3.63) is 34.6 Å². The van der Waals surface area contributed by atoms with E-state index < -0.39 is 0 Å². The molecule has 0 bridgehead atoms. The molecule has 0 radical (unpaired) electrons. The summed E-state index contributed by atoms with van der Waals surface area (Å²) in [5.41, 5.74) is 0.667. The van der Waals surface area contributed by atoms with Gasteiger partial charge < -0.3 is 10.2 Å². The standard InChI is InChI=1S/C21H31ClFN3O/c22-19-6-5-18(20(23)15-19)16-26-13-7-17(8-14-26)21(27)24-9-4-12-25-10-2-1-3-11-25/h5-6,15,17H,1-4,7-14,16H2,(H,24,27). The van der Waals surface area contributed by atoms with Gasteiger partial charge in [-0.05, 0) is 77.0 Å². The van der Waals surface area contributed by atoms with Crippen LogP contribution in [0.5, 0.6) is 0 Å². The van der Waals surface area contributed by atoms with Crippen molar-refractivity contribution in [3.63, 3.8) is 0 Å². The molecular weight excluding hydrogens is 365 g/mol. The monoisotopic (exact) mass is 395 g/mol. The Morgan fingerprint density at radius 3 is 2.56 bits per heavy atom. The lowest BCUT2D eigenvalue weighted by atomic mass is 9.95. The Labute approximate surface area is 167 Å². The van der Waals surface area contributed by atoms with Gasteiger partial charge >= 0.3 is 0 Å². The molecule has 6 heteroatoms. The summed E-state index contributed by atoms with van der Waals surface area (Å²) in [4.78, 5) is 17.1. The normalized spacial score (nSPS) is 19.9. The van der Waals surface area contributed by atoms with Crippen LogP contribution in [0.25, 0.3) is 0 Å². The summed E-state index contributed by atoms with van der Waals surface area (Å²) in [7, 11) is 0. The third kappa shape index (κ3) is 6.44. The molecule has 2 fully saturated rings. The third-order valence-electron chi connectivity index (χ3n) is 5.77. The molecule has 2 saturated heterocycles. The maximum absolute atomic E-state index is 13.9. The maximum atomic E-state index is 13.9. The number of piperidine rings is 2. The first-order valence-corrected chi connectivity index (χ1v) is 10.7. The molecule has 2 aliphatic heterocycles. The molecule has 0 spiro atoms. The maximum Gasteiger partial charge on any atom is 0.223 e. The highest BCUT2D eigenvalue weighted by Crippen LogP contribution is 2.21. The van der Waals surface area contributed by atoms with E-state index in [0.29, 0.717) is 17.1 Å². The molecule has 27 heavy (non-hydrogen) atoms. The van der Waals surface area contributed by atoms with Gasteiger partial charge in [-0.1, -0.05) is 24.1 Å². The van der Waals surface area contributed by atoms with Crippen molar-refractivity contribution in [1.82, 2.24) is 15.1 Å². The van der Waals surface area contributed by atoms with Gasteiger partial charge in [0.05, 0.1) is 0 Å². The fraction of sp³-hybridized carbons (Fsp3) is 0.667. The number of benzene rings is 1. The minimum absolute atomic E-state index is 0.0892. The van der Waals surface area contributed by atoms with Gasteiger partial charge in [0.15, 0.2) is 0 Å². The van der Waals surface area contributed by atoms with Crippen molar-refractivity contribution in [2.75, 3.05) is 39.3 Å². The van der Waals surface area contributed by atoms with E-state index in [0.717, 1.165) is 45.4 Å². The van der Waals surface area contributed by atoms with Crippen molar-refractivity contribution in [2.45, 2.75) is 45.1 Å². The molecule has 150 valence electrons. The summed E-state index contributed by atoms with van der Waals surface area (Å²) in [6, 6.07) is 4.84. The summed E-state index contributed by atoms with van der Waals surface area (Å²) in [6.07, 6.45) is 6.69. The van der Waals surface area contributed by atoms with E-state index in [1.165, 1.54) is 38.4 Å². The minimum Gasteiger partial charge on any atom is -0.356 e. The molecule has 1 aromatic carbocycles. The lowest BCUT2D eigenvalue weighted by Gasteiger charge is -2.31. The fourth-order valence-electron chi connectivity index (χ4n) is 4.09. The number of carbonyl (C=O) groups excluding carboxylic acids is 1. The second kappa shape index (κ2) is 10.4. The van der Waals surface area contributed by atoms with E-state index in [4.69, 9.17) is 11.6 Å². The Balaban J connectivity index is 1.32. The Bertz CT molecular complexity index is 613. The van der Waals surface area contributed by atoms with E-state index in [-0.39, 0.29) is 17.6 Å². The lowest BCUT2D eigenvalue weighted by molar-refractivity contribution is -0.126. The molecule has 2 aliphatic rings. The van der Waals surface area contributed by atoms with E-state index >= 15 is 0 Å². The van der Waals surface area contributed by atoms with Crippen LogP contribution in [-0.2, 0) is 11.3 Å². The van der Waals surface area contributed by atoms with Crippen molar-refractivity contribution < 1.29 is 9.18 Å². The first-order valence-electron chi connectivity index (χ1n) is 10.3. The van der Waals surface area contributed by atoms with E-state index in [1.807, 2.05) is 0 Å². The van der Waals surface area contributed by atoms with Gasteiger partial charge in [-0.25, -0.2) is 4.39 Å². The number of hydrogen-bond acceptors (Lipinski definition) is 3. The smallest absolute Gasteiger partial charge is 0.223 e. The number of rotatable bonds is 7. The van der Waals surface area contributed by atoms with Crippen LogP contribution < -0.4 is 5.32 Å². The molecular formula is C21H31ClFN3O. The molecule has 0 saturated carbocycles. The van der Waals surface area contributed by atoms with Crippen LogP contribution in [0.15, 0.2) is 18.2 Å². The number of halogens is 2. The molecule has 0 atom stereocenters. The number of nitrogens with zero attached hydrogens (tertiary/aromatic N) is 2. The van der Waals surface area contributed by atoms with Gasteiger partial charge in [0.1, 0.15) is 5.82 Å². The van der Waals surface area contributed by atoms with Gasteiger partial charge in [-0.2, -0.15) is 0 Å². The highest BCUT2D eigenvalue weighted by atomic mass is 35.5. The van der Waals surface area contributed by atoms with Crippen LogP contribution in [-0.4, -0.2) is 55.0 Å². The van der Waals surface area contributed by atoms with E-state index in [1.54, 1.807) is 12.1 Å². The molecule has 1 N–H and O–H groups in total. The molecule has 2 heterocycles. The molecule has 0 aliphatic carbocycles. The van der Waals surface area contributed by atoms with Crippen LogP contribution in [0.3, 0.4) is 0 Å². The number of nitrogens with one attached hydrogen (secondary N) is 1. The lowest BCUT2D eigenvalue weighted by Crippen LogP contribution is -2.41. The van der Waals surface area contributed by atoms with Crippen LogP contribution in [0.2, 0.25) is 5.02 Å². The molecule has 3 rings (SSSR count). The molecule has 0 aromatic heterocycles. The number of amides is 1. The number of likely N-dealkylation sites (tertiary alicyclic amines) is 2. The first-order chi connectivity index (χ1) is 13.1. The highest BCUT2D eigenvalue weighted by Gasteiger charge is 2.25. The Morgan fingerprint density at radius 2 is 1.85 bits per heavy atom. The summed E-state index contributed by atoms with van der Waals surface area (Å²) in [6.45, 7) is 6.51. The van der Waals surface area contributed by atoms with E-state index in [2.05, 4.69) is 15.1 Å². The summed E-state index contributed by atoms with van der Waals surface area (Å²) in [5.74, 6) is 0.0216. The Morgan fingerprint density at radius 1 is 1.11 bits per heavy atom. The summed E-state index contributed by atoms with van der Waals surface area (Å²) in [5, 5.41) is 3.54. The largest absolute Gasteiger partial charge is 0.356 e. The van der Waals surface area contributed by atoms with Gasteiger partial charge in [0.25, 0.3) is 0 Å². The van der Waals surface area contributed by atoms with Crippen LogP contribution in [0, 0.1) is 11.7 Å². The molecule has 4 nitrogen and oxygen atoms in total. The quantitative estimate of drug-likeness (QED) is 0.715. The van der Waals surface area contributed by atoms with Crippen LogP contribution in [0.1, 0.15) is 44.1 Å². The number of carbonyl (C=O) groups is 1. The zero-order chi connectivity index (χ0) is 19.1. The third-order valence-corrected chi connectivity index (χ3v) is 6.00. The SMILES string of the molecule is O=C(NCCCN1CCCCC1)C1CCN(Cc2ccc(Cl)cc2F)CC1. The topological polar surface area (TPSA) is 35.6 Å². The van der Waals surface area contributed by atoms with Crippen molar-refractivity contribution in [2.24, 2.45) is 5.92 Å². The Hall–Kier alpha value is -1.17. The van der Waals surface area contributed by atoms with E-state index in [9.17, 15) is 9.18 Å². The van der Waals surface area contributed by atoms with Gasteiger partial charge in [0, 0.05) is 29.6 Å². The zero-order valence-electron chi connectivity index (χ0n) is 16.1. The van der Waals surface area contributed by atoms with Crippen molar-refractivity contribution in [3.8, 4) is 0 Å². The fourth-order valence-corrected chi connectivity index (χ4v) is 4.24. The first kappa shape index (κ1) is 20.6. The highest BCUT2D eigenvalue weighted by molar-refractivity contribution is 6.30. The predicted octanol–water partition coefficient (Wildman–Crippen LogP) is 3.68. The van der Waals surface area contributed by atoms with Gasteiger partial charge in [-0.3, -0.25) is 9.69 Å². The second-order valence-corrected chi connectivity index (χ2v) is 8.27. The summed E-state index contributed by atoms with van der Waals surface area (Å²) < 4.78 is 13.9.